The number of aromatic nitrogens is 4. The molecule has 0 fully saturated rings. The molecule has 1 aromatic rings. The van der Waals surface area contributed by atoms with Crippen LogP contribution in [0.3, 0.4) is 0 Å². The Labute approximate surface area is 91.2 Å². The average molecular weight is 211 g/mol. The average Bonchev–Trinajstić information content (AvgIpc) is 2.58. The van der Waals surface area contributed by atoms with Gasteiger partial charge >= 0.3 is 0 Å². The summed E-state index contributed by atoms with van der Waals surface area (Å²) < 4.78 is 1.74. The molecule has 1 unspecified atom stereocenters. The van der Waals surface area contributed by atoms with Crippen molar-refractivity contribution in [2.24, 2.45) is 13.0 Å². The van der Waals surface area contributed by atoms with Crippen LogP contribution in [0.2, 0.25) is 0 Å². The third-order valence-electron chi connectivity index (χ3n) is 2.57. The van der Waals surface area contributed by atoms with Crippen LogP contribution in [0.5, 0.6) is 0 Å². The van der Waals surface area contributed by atoms with Gasteiger partial charge in [0.05, 0.1) is 0 Å². The van der Waals surface area contributed by atoms with E-state index in [1.165, 1.54) is 0 Å². The lowest BCUT2D eigenvalue weighted by Crippen LogP contribution is -2.37. The Balaban J connectivity index is 2.54. The predicted octanol–water partition coefficient (Wildman–Crippen LogP) is 0.777. The van der Waals surface area contributed by atoms with Gasteiger partial charge in [-0.1, -0.05) is 20.8 Å². The Bertz CT molecular complexity index is 281. The summed E-state index contributed by atoms with van der Waals surface area (Å²) in [7, 11) is 1.88. The molecule has 0 saturated heterocycles. The first kappa shape index (κ1) is 12.1. The van der Waals surface area contributed by atoms with Crippen LogP contribution in [0, 0.1) is 5.92 Å². The number of nitrogens with zero attached hydrogens (tertiary/aromatic N) is 4. The van der Waals surface area contributed by atoms with E-state index in [2.05, 4.69) is 41.6 Å². The molecule has 1 N–H and O–H groups in total. The summed E-state index contributed by atoms with van der Waals surface area (Å²) in [4.78, 5) is 0. The summed E-state index contributed by atoms with van der Waals surface area (Å²) in [5, 5.41) is 15.0. The van der Waals surface area contributed by atoms with Crippen molar-refractivity contribution in [3.05, 3.63) is 5.82 Å². The lowest BCUT2D eigenvalue weighted by molar-refractivity contribution is 0.387. The molecule has 0 aliphatic carbocycles. The Kier molecular flexibility index (Phi) is 4.68. The first-order chi connectivity index (χ1) is 7.15. The van der Waals surface area contributed by atoms with Crippen LogP contribution in [0.1, 0.15) is 33.0 Å². The van der Waals surface area contributed by atoms with Crippen molar-refractivity contribution in [2.45, 2.75) is 39.7 Å². The summed E-state index contributed by atoms with van der Waals surface area (Å²) in [6.07, 6.45) is 2.04. The molecule has 0 aromatic carbocycles. The number of hydrogen-bond acceptors (Lipinski definition) is 4. The monoisotopic (exact) mass is 211 g/mol. The van der Waals surface area contributed by atoms with Gasteiger partial charge < -0.3 is 5.32 Å². The van der Waals surface area contributed by atoms with Gasteiger partial charge in [0.25, 0.3) is 0 Å². The third kappa shape index (κ3) is 3.58. The summed E-state index contributed by atoms with van der Waals surface area (Å²) in [5.41, 5.74) is 0. The van der Waals surface area contributed by atoms with Crippen molar-refractivity contribution in [1.29, 1.82) is 0 Å². The highest BCUT2D eigenvalue weighted by molar-refractivity contribution is 4.87. The topological polar surface area (TPSA) is 55.6 Å². The van der Waals surface area contributed by atoms with E-state index in [1.807, 2.05) is 7.05 Å². The Morgan fingerprint density at radius 2 is 2.13 bits per heavy atom. The fourth-order valence-corrected chi connectivity index (χ4v) is 1.49. The molecule has 0 radical (unpaired) electrons. The van der Waals surface area contributed by atoms with Crippen LogP contribution in [-0.2, 0) is 13.5 Å². The maximum absolute atomic E-state index is 4.01. The van der Waals surface area contributed by atoms with Crippen LogP contribution in [0.25, 0.3) is 0 Å². The molecule has 0 amide bonds. The van der Waals surface area contributed by atoms with Gasteiger partial charge in [-0.05, 0) is 29.3 Å². The van der Waals surface area contributed by atoms with E-state index in [1.54, 1.807) is 4.68 Å². The fourth-order valence-electron chi connectivity index (χ4n) is 1.49. The standard InChI is InChI=1S/C10H21N5/c1-5-6-11-9(8(2)3)7-10-12-13-14-15(10)4/h8-9,11H,5-7H2,1-4H3. The number of aryl methyl sites for hydroxylation is 1. The zero-order chi connectivity index (χ0) is 11.3. The van der Waals surface area contributed by atoms with Gasteiger partial charge in [-0.25, -0.2) is 4.68 Å². The van der Waals surface area contributed by atoms with Crippen molar-refractivity contribution in [2.75, 3.05) is 6.54 Å². The number of tetrazole rings is 1. The van der Waals surface area contributed by atoms with Crippen molar-refractivity contribution in [3.8, 4) is 0 Å². The second kappa shape index (κ2) is 5.80. The first-order valence-corrected chi connectivity index (χ1v) is 5.59. The number of rotatable bonds is 6. The molecule has 15 heavy (non-hydrogen) atoms. The van der Waals surface area contributed by atoms with Crippen LogP contribution in [0.4, 0.5) is 0 Å². The molecule has 5 heteroatoms. The van der Waals surface area contributed by atoms with E-state index in [9.17, 15) is 0 Å². The molecule has 0 aliphatic heterocycles. The van der Waals surface area contributed by atoms with Crippen molar-refractivity contribution in [1.82, 2.24) is 25.5 Å². The molecule has 5 nitrogen and oxygen atoms in total. The molecule has 1 aromatic heterocycles. The normalized spacial score (nSPS) is 13.4. The fraction of sp³-hybridized carbons (Fsp3) is 0.900. The first-order valence-electron chi connectivity index (χ1n) is 5.59. The highest BCUT2D eigenvalue weighted by Crippen LogP contribution is 2.07. The highest BCUT2D eigenvalue weighted by atomic mass is 15.5. The molecule has 1 atom stereocenters. The van der Waals surface area contributed by atoms with Crippen LogP contribution in [-0.4, -0.2) is 32.8 Å². The summed E-state index contributed by atoms with van der Waals surface area (Å²) >= 11 is 0. The minimum atomic E-state index is 0.453. The Morgan fingerprint density at radius 3 is 2.60 bits per heavy atom. The highest BCUT2D eigenvalue weighted by Gasteiger charge is 2.16. The molecule has 0 bridgehead atoms. The maximum Gasteiger partial charge on any atom is 0.152 e. The molecular formula is C10H21N5. The quantitative estimate of drug-likeness (QED) is 0.755. The molecule has 1 rings (SSSR count). The van der Waals surface area contributed by atoms with E-state index in [-0.39, 0.29) is 0 Å². The van der Waals surface area contributed by atoms with E-state index >= 15 is 0 Å². The van der Waals surface area contributed by atoms with Crippen molar-refractivity contribution < 1.29 is 0 Å². The van der Waals surface area contributed by atoms with Gasteiger partial charge in [-0.15, -0.1) is 5.10 Å². The maximum atomic E-state index is 4.01. The van der Waals surface area contributed by atoms with Crippen molar-refractivity contribution in [3.63, 3.8) is 0 Å². The molecule has 0 spiro atoms. The Hall–Kier alpha value is -0.970. The molecule has 1 heterocycles. The zero-order valence-corrected chi connectivity index (χ0v) is 10.1. The van der Waals surface area contributed by atoms with Gasteiger partial charge in [0.1, 0.15) is 0 Å². The third-order valence-corrected chi connectivity index (χ3v) is 2.57. The van der Waals surface area contributed by atoms with Crippen LogP contribution in [0.15, 0.2) is 0 Å². The van der Waals surface area contributed by atoms with Gasteiger partial charge in [0.15, 0.2) is 5.82 Å². The molecule has 0 saturated carbocycles. The van der Waals surface area contributed by atoms with Crippen LogP contribution < -0.4 is 5.32 Å². The van der Waals surface area contributed by atoms with E-state index in [0.717, 1.165) is 25.2 Å². The molecular weight excluding hydrogens is 190 g/mol. The molecule has 86 valence electrons. The van der Waals surface area contributed by atoms with E-state index in [0.29, 0.717) is 12.0 Å². The van der Waals surface area contributed by atoms with Gasteiger partial charge in [-0.3, -0.25) is 0 Å². The minimum absolute atomic E-state index is 0.453. The smallest absolute Gasteiger partial charge is 0.152 e. The summed E-state index contributed by atoms with van der Waals surface area (Å²) in [5.74, 6) is 1.53. The van der Waals surface area contributed by atoms with E-state index in [4.69, 9.17) is 0 Å². The van der Waals surface area contributed by atoms with Gasteiger partial charge in [0, 0.05) is 19.5 Å². The summed E-state index contributed by atoms with van der Waals surface area (Å²) in [6, 6.07) is 0.453. The van der Waals surface area contributed by atoms with Gasteiger partial charge in [0.2, 0.25) is 0 Å². The second-order valence-electron chi connectivity index (χ2n) is 4.23. The largest absolute Gasteiger partial charge is 0.313 e. The minimum Gasteiger partial charge on any atom is -0.313 e. The number of hydrogen-bond donors (Lipinski definition) is 1. The predicted molar refractivity (Wildman–Crippen MR) is 59.4 cm³/mol. The van der Waals surface area contributed by atoms with Crippen LogP contribution >= 0.6 is 0 Å². The van der Waals surface area contributed by atoms with Gasteiger partial charge in [-0.2, -0.15) is 0 Å². The van der Waals surface area contributed by atoms with E-state index < -0.39 is 0 Å². The second-order valence-corrected chi connectivity index (χ2v) is 4.23. The molecule has 0 aliphatic rings. The SMILES string of the molecule is CCCNC(Cc1nnnn1C)C(C)C. The zero-order valence-electron chi connectivity index (χ0n) is 10.1. The summed E-state index contributed by atoms with van der Waals surface area (Å²) in [6.45, 7) is 7.66. The van der Waals surface area contributed by atoms with Crippen molar-refractivity contribution >= 4 is 0 Å². The lowest BCUT2D eigenvalue weighted by Gasteiger charge is -2.21. The number of nitrogens with one attached hydrogen (secondary N) is 1. The lowest BCUT2D eigenvalue weighted by atomic mass is 10.0. The Morgan fingerprint density at radius 1 is 1.40 bits per heavy atom.